The van der Waals surface area contributed by atoms with Gasteiger partial charge in [0.15, 0.2) is 5.69 Å². The minimum Gasteiger partial charge on any atom is -0.505 e. The van der Waals surface area contributed by atoms with E-state index in [0.29, 0.717) is 17.0 Å². The number of amides is 1. The SMILES string of the molecule is Cc1c(-c2cnn(CC(C)C)c2)cnc(C(=O)NCC(=O)O)c1O. The molecule has 2 aromatic heterocycles. The van der Waals surface area contributed by atoms with E-state index >= 15 is 0 Å². The van der Waals surface area contributed by atoms with Crippen LogP contribution in [0.15, 0.2) is 18.6 Å². The van der Waals surface area contributed by atoms with Gasteiger partial charge in [-0.05, 0) is 12.8 Å². The molecule has 8 nitrogen and oxygen atoms in total. The Morgan fingerprint density at radius 1 is 1.33 bits per heavy atom. The Hall–Kier alpha value is -2.90. The van der Waals surface area contributed by atoms with Crippen molar-refractivity contribution in [2.45, 2.75) is 27.3 Å². The summed E-state index contributed by atoms with van der Waals surface area (Å²) in [7, 11) is 0. The van der Waals surface area contributed by atoms with Crippen molar-refractivity contribution in [1.29, 1.82) is 0 Å². The third-order valence-corrected chi connectivity index (χ3v) is 3.42. The highest BCUT2D eigenvalue weighted by Gasteiger charge is 2.19. The molecular formula is C16H20N4O4. The summed E-state index contributed by atoms with van der Waals surface area (Å²) in [6.45, 7) is 6.08. The fourth-order valence-corrected chi connectivity index (χ4v) is 2.27. The van der Waals surface area contributed by atoms with Crippen LogP contribution in [0.5, 0.6) is 5.75 Å². The average molecular weight is 332 g/mol. The molecule has 0 aliphatic carbocycles. The predicted octanol–water partition coefficient (Wildman–Crippen LogP) is 1.43. The van der Waals surface area contributed by atoms with E-state index in [4.69, 9.17) is 5.11 Å². The van der Waals surface area contributed by atoms with Gasteiger partial charge in [0.25, 0.3) is 5.91 Å². The Labute approximate surface area is 139 Å². The van der Waals surface area contributed by atoms with E-state index in [9.17, 15) is 14.7 Å². The van der Waals surface area contributed by atoms with Gasteiger partial charge in [-0.1, -0.05) is 13.8 Å². The number of aromatic hydroxyl groups is 1. The molecule has 2 rings (SSSR count). The second-order valence-electron chi connectivity index (χ2n) is 5.92. The molecule has 128 valence electrons. The van der Waals surface area contributed by atoms with Crippen molar-refractivity contribution in [1.82, 2.24) is 20.1 Å². The molecule has 0 unspecified atom stereocenters. The lowest BCUT2D eigenvalue weighted by molar-refractivity contribution is -0.135. The fraction of sp³-hybridized carbons (Fsp3) is 0.375. The molecule has 2 heterocycles. The lowest BCUT2D eigenvalue weighted by Crippen LogP contribution is -2.30. The molecule has 0 aromatic carbocycles. The van der Waals surface area contributed by atoms with Gasteiger partial charge in [-0.3, -0.25) is 14.3 Å². The molecule has 0 aliphatic rings. The largest absolute Gasteiger partial charge is 0.505 e. The average Bonchev–Trinajstić information content (AvgIpc) is 2.94. The number of nitrogens with zero attached hydrogens (tertiary/aromatic N) is 3. The fourth-order valence-electron chi connectivity index (χ4n) is 2.27. The third-order valence-electron chi connectivity index (χ3n) is 3.42. The van der Waals surface area contributed by atoms with Crippen molar-refractivity contribution in [2.24, 2.45) is 5.92 Å². The van der Waals surface area contributed by atoms with Crippen LogP contribution in [0, 0.1) is 12.8 Å². The highest BCUT2D eigenvalue weighted by Crippen LogP contribution is 2.30. The third kappa shape index (κ3) is 3.89. The molecule has 0 fully saturated rings. The molecule has 2 aromatic rings. The van der Waals surface area contributed by atoms with Crippen molar-refractivity contribution in [2.75, 3.05) is 6.54 Å². The second-order valence-corrected chi connectivity index (χ2v) is 5.92. The van der Waals surface area contributed by atoms with Gasteiger partial charge < -0.3 is 15.5 Å². The normalized spacial score (nSPS) is 10.8. The molecule has 1 amide bonds. The van der Waals surface area contributed by atoms with Crippen molar-refractivity contribution in [3.63, 3.8) is 0 Å². The maximum Gasteiger partial charge on any atom is 0.322 e. The van der Waals surface area contributed by atoms with Crippen LogP contribution in [0.2, 0.25) is 0 Å². The van der Waals surface area contributed by atoms with Crippen LogP contribution in [-0.2, 0) is 11.3 Å². The second kappa shape index (κ2) is 7.12. The van der Waals surface area contributed by atoms with E-state index in [1.54, 1.807) is 13.1 Å². The molecule has 0 spiro atoms. The van der Waals surface area contributed by atoms with Crippen LogP contribution in [0.25, 0.3) is 11.1 Å². The molecule has 24 heavy (non-hydrogen) atoms. The highest BCUT2D eigenvalue weighted by atomic mass is 16.4. The molecular weight excluding hydrogens is 312 g/mol. The first kappa shape index (κ1) is 17.5. The predicted molar refractivity (Wildman–Crippen MR) is 86.7 cm³/mol. The Morgan fingerprint density at radius 3 is 2.67 bits per heavy atom. The molecule has 0 radical (unpaired) electrons. The number of carboxylic acids is 1. The number of pyridine rings is 1. The summed E-state index contributed by atoms with van der Waals surface area (Å²) in [5, 5.41) is 25.3. The van der Waals surface area contributed by atoms with Crippen LogP contribution >= 0.6 is 0 Å². The van der Waals surface area contributed by atoms with Crippen molar-refractivity contribution >= 4 is 11.9 Å². The number of rotatable bonds is 6. The first-order valence-electron chi connectivity index (χ1n) is 7.51. The van der Waals surface area contributed by atoms with Crippen LogP contribution in [0.1, 0.15) is 29.9 Å². The molecule has 8 heteroatoms. The number of aromatic nitrogens is 3. The Kier molecular flexibility index (Phi) is 5.18. The topological polar surface area (TPSA) is 117 Å². The number of hydrogen-bond acceptors (Lipinski definition) is 5. The Bertz CT molecular complexity index is 767. The molecule has 0 aliphatic heterocycles. The summed E-state index contributed by atoms with van der Waals surface area (Å²) in [4.78, 5) is 26.4. The van der Waals surface area contributed by atoms with Crippen LogP contribution in [0.3, 0.4) is 0 Å². The Balaban J connectivity index is 2.28. The first-order valence-corrected chi connectivity index (χ1v) is 7.51. The van der Waals surface area contributed by atoms with Gasteiger partial charge in [-0.2, -0.15) is 5.10 Å². The number of carbonyl (C=O) groups is 2. The van der Waals surface area contributed by atoms with Crippen LogP contribution in [0.4, 0.5) is 0 Å². The van der Waals surface area contributed by atoms with Gasteiger partial charge in [-0.25, -0.2) is 4.98 Å². The summed E-state index contributed by atoms with van der Waals surface area (Å²) < 4.78 is 1.81. The van der Waals surface area contributed by atoms with Gasteiger partial charge in [0.1, 0.15) is 12.3 Å². The number of aliphatic carboxylic acids is 1. The van der Waals surface area contributed by atoms with E-state index in [1.807, 2.05) is 10.9 Å². The highest BCUT2D eigenvalue weighted by molar-refractivity contribution is 5.97. The maximum atomic E-state index is 11.9. The van der Waals surface area contributed by atoms with Crippen LogP contribution in [-0.4, -0.2) is 43.4 Å². The summed E-state index contributed by atoms with van der Waals surface area (Å²) in [6, 6.07) is 0. The van der Waals surface area contributed by atoms with E-state index in [2.05, 4.69) is 29.2 Å². The minimum atomic E-state index is -1.17. The van der Waals surface area contributed by atoms with Gasteiger partial charge in [0.2, 0.25) is 0 Å². The summed E-state index contributed by atoms with van der Waals surface area (Å²) in [5.41, 5.74) is 1.73. The summed E-state index contributed by atoms with van der Waals surface area (Å²) in [6.07, 6.45) is 5.01. The summed E-state index contributed by atoms with van der Waals surface area (Å²) in [5.74, 6) is -1.73. The Morgan fingerprint density at radius 2 is 2.04 bits per heavy atom. The number of hydrogen-bond donors (Lipinski definition) is 3. The van der Waals surface area contributed by atoms with E-state index in [-0.39, 0.29) is 11.4 Å². The van der Waals surface area contributed by atoms with Crippen molar-refractivity contribution < 1.29 is 19.8 Å². The first-order chi connectivity index (χ1) is 11.3. The van der Waals surface area contributed by atoms with Gasteiger partial charge in [-0.15, -0.1) is 0 Å². The number of carboxylic acid groups (broad SMARTS) is 1. The summed E-state index contributed by atoms with van der Waals surface area (Å²) >= 11 is 0. The molecule has 0 saturated carbocycles. The van der Waals surface area contributed by atoms with E-state index in [0.717, 1.165) is 12.1 Å². The maximum absolute atomic E-state index is 11.9. The lowest BCUT2D eigenvalue weighted by Gasteiger charge is -2.10. The zero-order valence-corrected chi connectivity index (χ0v) is 13.8. The standard InChI is InChI=1S/C16H20N4O4/c1-9(2)7-20-8-11(4-19-20)12-5-17-14(15(23)10(12)3)16(24)18-6-13(21)22/h4-5,8-9,23H,6-7H2,1-3H3,(H,18,24)(H,21,22). The van der Waals surface area contributed by atoms with E-state index in [1.165, 1.54) is 6.20 Å². The van der Waals surface area contributed by atoms with Gasteiger partial charge >= 0.3 is 5.97 Å². The minimum absolute atomic E-state index is 0.202. The smallest absolute Gasteiger partial charge is 0.322 e. The van der Waals surface area contributed by atoms with Crippen molar-refractivity contribution in [3.8, 4) is 16.9 Å². The quantitative estimate of drug-likeness (QED) is 0.736. The molecule has 3 N–H and O–H groups in total. The lowest BCUT2D eigenvalue weighted by atomic mass is 10.0. The van der Waals surface area contributed by atoms with Gasteiger partial charge in [0, 0.05) is 35.6 Å². The molecule has 0 saturated heterocycles. The van der Waals surface area contributed by atoms with E-state index < -0.39 is 18.4 Å². The molecule has 0 atom stereocenters. The van der Waals surface area contributed by atoms with Gasteiger partial charge in [0.05, 0.1) is 6.20 Å². The number of carbonyl (C=O) groups excluding carboxylic acids is 1. The zero-order valence-electron chi connectivity index (χ0n) is 13.8. The molecule has 0 bridgehead atoms. The number of nitrogens with one attached hydrogen (secondary N) is 1. The van der Waals surface area contributed by atoms with Crippen LogP contribution < -0.4 is 5.32 Å². The zero-order chi connectivity index (χ0) is 17.9. The van der Waals surface area contributed by atoms with Crippen molar-refractivity contribution in [3.05, 3.63) is 29.8 Å². The monoisotopic (exact) mass is 332 g/mol.